The molecule has 3 aromatic rings. The number of alkyl halides is 1. The lowest BCUT2D eigenvalue weighted by atomic mass is 10.0. The molecule has 1 unspecified atom stereocenters. The summed E-state index contributed by atoms with van der Waals surface area (Å²) >= 11 is 6.44. The number of halogens is 2. The van der Waals surface area contributed by atoms with Gasteiger partial charge in [-0.2, -0.15) is 0 Å². The molecule has 0 fully saturated rings. The highest BCUT2D eigenvalue weighted by molar-refractivity contribution is 6.22. The molecule has 3 rings (SSSR count). The zero-order chi connectivity index (χ0) is 15.0. The molecule has 0 bridgehead atoms. The monoisotopic (exact) mass is 306 g/mol. The summed E-state index contributed by atoms with van der Waals surface area (Å²) in [7, 11) is 1.40. The van der Waals surface area contributed by atoms with E-state index in [1.165, 1.54) is 13.2 Å². The molecule has 6 heteroatoms. The highest BCUT2D eigenvalue weighted by Gasteiger charge is 2.14. The molecular formula is C15H12ClFN2O2. The lowest BCUT2D eigenvalue weighted by molar-refractivity contribution is 0.386. The summed E-state index contributed by atoms with van der Waals surface area (Å²) in [6.07, 6.45) is 0. The molecule has 108 valence electrons. The summed E-state index contributed by atoms with van der Waals surface area (Å²) in [5.41, 5.74) is 2.64. The van der Waals surface area contributed by atoms with Crippen molar-refractivity contribution in [2.24, 2.45) is 0 Å². The van der Waals surface area contributed by atoms with Crippen LogP contribution in [0.3, 0.4) is 0 Å². The third-order valence-electron chi connectivity index (χ3n) is 3.30. The molecule has 2 N–H and O–H groups in total. The predicted octanol–water partition coefficient (Wildman–Crippen LogP) is 3.33. The molecule has 0 saturated heterocycles. The Morgan fingerprint density at radius 3 is 2.52 bits per heavy atom. The van der Waals surface area contributed by atoms with Gasteiger partial charge in [-0.05, 0) is 35.4 Å². The molecule has 0 aliphatic carbocycles. The highest BCUT2D eigenvalue weighted by atomic mass is 35.5. The first kappa shape index (κ1) is 13.7. The SMILES string of the molecule is COc1cc(C(Cl)c2ccc3[nH]c(=O)[nH]c3c2)ccc1F. The van der Waals surface area contributed by atoms with Gasteiger partial charge < -0.3 is 14.7 Å². The summed E-state index contributed by atoms with van der Waals surface area (Å²) in [4.78, 5) is 16.6. The van der Waals surface area contributed by atoms with E-state index >= 15 is 0 Å². The van der Waals surface area contributed by atoms with E-state index in [0.29, 0.717) is 16.6 Å². The number of methoxy groups -OCH3 is 1. The van der Waals surface area contributed by atoms with Gasteiger partial charge in [0.05, 0.1) is 23.5 Å². The molecule has 4 nitrogen and oxygen atoms in total. The molecule has 0 aliphatic heterocycles. The van der Waals surface area contributed by atoms with Gasteiger partial charge in [0.25, 0.3) is 0 Å². The maximum Gasteiger partial charge on any atom is 0.323 e. The summed E-state index contributed by atoms with van der Waals surface area (Å²) in [6, 6.07) is 9.88. The minimum atomic E-state index is -0.470. The second-order valence-electron chi connectivity index (χ2n) is 4.64. The molecule has 2 aromatic carbocycles. The van der Waals surface area contributed by atoms with E-state index in [-0.39, 0.29) is 11.4 Å². The summed E-state index contributed by atoms with van der Waals surface area (Å²) < 4.78 is 18.4. The van der Waals surface area contributed by atoms with Gasteiger partial charge in [-0.3, -0.25) is 0 Å². The number of rotatable bonds is 3. The molecule has 0 saturated carbocycles. The van der Waals surface area contributed by atoms with Crippen molar-refractivity contribution in [3.8, 4) is 5.75 Å². The molecule has 0 radical (unpaired) electrons. The molecular weight excluding hydrogens is 295 g/mol. The fourth-order valence-corrected chi connectivity index (χ4v) is 2.51. The van der Waals surface area contributed by atoms with Gasteiger partial charge in [0, 0.05) is 0 Å². The number of ether oxygens (including phenoxy) is 1. The molecule has 1 atom stereocenters. The Balaban J connectivity index is 2.02. The first-order valence-corrected chi connectivity index (χ1v) is 6.71. The van der Waals surface area contributed by atoms with E-state index < -0.39 is 11.2 Å². The van der Waals surface area contributed by atoms with Crippen LogP contribution >= 0.6 is 11.6 Å². The topological polar surface area (TPSA) is 57.9 Å². The van der Waals surface area contributed by atoms with Gasteiger partial charge in [-0.15, -0.1) is 11.6 Å². The van der Waals surface area contributed by atoms with Crippen LogP contribution in [-0.2, 0) is 0 Å². The van der Waals surface area contributed by atoms with Crippen molar-refractivity contribution in [3.63, 3.8) is 0 Å². The Bertz CT molecular complexity index is 856. The van der Waals surface area contributed by atoms with Gasteiger partial charge in [0.1, 0.15) is 0 Å². The van der Waals surface area contributed by atoms with Crippen LogP contribution in [0.5, 0.6) is 5.75 Å². The number of aromatic nitrogens is 2. The Morgan fingerprint density at radius 2 is 1.76 bits per heavy atom. The second kappa shape index (κ2) is 5.26. The van der Waals surface area contributed by atoms with Crippen LogP contribution in [0.4, 0.5) is 4.39 Å². The Labute approximate surface area is 124 Å². The number of hydrogen-bond acceptors (Lipinski definition) is 2. The average molecular weight is 307 g/mol. The van der Waals surface area contributed by atoms with E-state index in [9.17, 15) is 9.18 Å². The number of nitrogens with one attached hydrogen (secondary N) is 2. The molecule has 21 heavy (non-hydrogen) atoms. The highest BCUT2D eigenvalue weighted by Crippen LogP contribution is 2.32. The van der Waals surface area contributed by atoms with Crippen molar-refractivity contribution in [2.75, 3.05) is 7.11 Å². The van der Waals surface area contributed by atoms with Gasteiger partial charge in [-0.25, -0.2) is 9.18 Å². The number of H-pyrrole nitrogens is 2. The lowest BCUT2D eigenvalue weighted by Gasteiger charge is -2.12. The quantitative estimate of drug-likeness (QED) is 0.729. The molecule has 0 amide bonds. The molecule has 0 aliphatic rings. The minimum absolute atomic E-state index is 0.147. The van der Waals surface area contributed by atoms with Crippen LogP contribution in [-0.4, -0.2) is 17.1 Å². The van der Waals surface area contributed by atoms with Crippen LogP contribution in [0.15, 0.2) is 41.2 Å². The number of benzene rings is 2. The maximum absolute atomic E-state index is 13.4. The van der Waals surface area contributed by atoms with Crippen molar-refractivity contribution in [2.45, 2.75) is 5.38 Å². The fourth-order valence-electron chi connectivity index (χ4n) is 2.23. The normalized spacial score (nSPS) is 12.5. The summed E-state index contributed by atoms with van der Waals surface area (Å²) in [5, 5.41) is -0.470. The first-order chi connectivity index (χ1) is 10.1. The summed E-state index contributed by atoms with van der Waals surface area (Å²) in [6.45, 7) is 0. The smallest absolute Gasteiger partial charge is 0.323 e. The molecule has 0 spiro atoms. The number of fused-ring (bicyclic) bond motifs is 1. The van der Waals surface area contributed by atoms with Gasteiger partial charge >= 0.3 is 5.69 Å². The number of aromatic amines is 2. The third-order valence-corrected chi connectivity index (χ3v) is 3.80. The first-order valence-electron chi connectivity index (χ1n) is 6.28. The zero-order valence-electron chi connectivity index (χ0n) is 11.1. The van der Waals surface area contributed by atoms with Crippen molar-refractivity contribution in [1.29, 1.82) is 0 Å². The maximum atomic E-state index is 13.4. The van der Waals surface area contributed by atoms with E-state index in [4.69, 9.17) is 16.3 Å². The van der Waals surface area contributed by atoms with Crippen molar-refractivity contribution >= 4 is 22.6 Å². The van der Waals surface area contributed by atoms with Crippen LogP contribution in [0.1, 0.15) is 16.5 Å². The largest absolute Gasteiger partial charge is 0.494 e. The van der Waals surface area contributed by atoms with Gasteiger partial charge in [0.15, 0.2) is 11.6 Å². The second-order valence-corrected chi connectivity index (χ2v) is 5.08. The van der Waals surface area contributed by atoms with Gasteiger partial charge in [-0.1, -0.05) is 12.1 Å². The zero-order valence-corrected chi connectivity index (χ0v) is 11.9. The van der Waals surface area contributed by atoms with Crippen molar-refractivity contribution < 1.29 is 9.13 Å². The lowest BCUT2D eigenvalue weighted by Crippen LogP contribution is -1.99. The van der Waals surface area contributed by atoms with E-state index in [2.05, 4.69) is 9.97 Å². The Kier molecular flexibility index (Phi) is 3.43. The van der Waals surface area contributed by atoms with E-state index in [1.807, 2.05) is 6.07 Å². The fraction of sp³-hybridized carbons (Fsp3) is 0.133. The average Bonchev–Trinajstić information content (AvgIpc) is 2.86. The number of hydrogen-bond donors (Lipinski definition) is 2. The molecule has 1 heterocycles. The Hall–Kier alpha value is -2.27. The molecule has 1 aromatic heterocycles. The Morgan fingerprint density at radius 1 is 1.10 bits per heavy atom. The van der Waals surface area contributed by atoms with Crippen LogP contribution in [0, 0.1) is 5.82 Å². The standard InChI is InChI=1S/C15H12ClFN2O2/c1-21-13-7-9(2-4-10(13)17)14(16)8-3-5-11-12(6-8)19-15(20)18-11/h2-7,14H,1H3,(H2,18,19,20). The summed E-state index contributed by atoms with van der Waals surface area (Å²) in [5.74, 6) is -0.287. The van der Waals surface area contributed by atoms with Crippen molar-refractivity contribution in [1.82, 2.24) is 9.97 Å². The van der Waals surface area contributed by atoms with E-state index in [1.54, 1.807) is 24.3 Å². The van der Waals surface area contributed by atoms with Crippen molar-refractivity contribution in [3.05, 3.63) is 63.8 Å². The predicted molar refractivity (Wildman–Crippen MR) is 79.6 cm³/mol. The number of imidazole rings is 1. The minimum Gasteiger partial charge on any atom is -0.494 e. The van der Waals surface area contributed by atoms with Crippen LogP contribution in [0.2, 0.25) is 0 Å². The van der Waals surface area contributed by atoms with Crippen LogP contribution < -0.4 is 10.4 Å². The third kappa shape index (κ3) is 2.52. The van der Waals surface area contributed by atoms with E-state index in [0.717, 1.165) is 5.56 Å². The van der Waals surface area contributed by atoms with Gasteiger partial charge in [0.2, 0.25) is 0 Å². The van der Waals surface area contributed by atoms with Crippen LogP contribution in [0.25, 0.3) is 11.0 Å².